The van der Waals surface area contributed by atoms with Crippen LogP contribution in [-0.2, 0) is 18.5 Å². The number of halogens is 1. The van der Waals surface area contributed by atoms with Gasteiger partial charge in [-0.3, -0.25) is 0 Å². The van der Waals surface area contributed by atoms with E-state index in [1.165, 1.54) is 17.2 Å². The minimum atomic E-state index is -0.165. The van der Waals surface area contributed by atoms with Crippen molar-refractivity contribution < 1.29 is 4.39 Å². The Labute approximate surface area is 167 Å². The molecule has 2 aromatic rings. The molecule has 0 heterocycles. The first kappa shape index (κ1) is 20.3. The number of hydrogen-bond donors (Lipinski definition) is 2. The number of aliphatic imine (C=N–C) groups is 1. The molecule has 2 N–H and O–H groups in total. The molecule has 28 heavy (non-hydrogen) atoms. The van der Waals surface area contributed by atoms with Crippen LogP contribution in [0, 0.1) is 5.82 Å². The predicted octanol–water partition coefficient (Wildman–Crippen LogP) is 3.67. The Morgan fingerprint density at radius 1 is 1.07 bits per heavy atom. The van der Waals surface area contributed by atoms with Gasteiger partial charge in [-0.15, -0.1) is 0 Å². The van der Waals surface area contributed by atoms with Crippen molar-refractivity contribution in [3.05, 3.63) is 71.0 Å². The summed E-state index contributed by atoms with van der Waals surface area (Å²) in [7, 11) is 4.15. The lowest BCUT2D eigenvalue weighted by molar-refractivity contribution is 0.401. The first-order valence-corrected chi connectivity index (χ1v) is 10.0. The SMILES string of the molecule is CCNC(=NCc1ccccc1CN(C)C)NCC1(c2cccc(F)c2)CC1. The van der Waals surface area contributed by atoms with Gasteiger partial charge in [0, 0.05) is 25.0 Å². The first-order chi connectivity index (χ1) is 13.5. The molecule has 0 radical (unpaired) electrons. The highest BCUT2D eigenvalue weighted by atomic mass is 19.1. The van der Waals surface area contributed by atoms with E-state index < -0.39 is 0 Å². The van der Waals surface area contributed by atoms with Gasteiger partial charge in [0.1, 0.15) is 5.82 Å². The van der Waals surface area contributed by atoms with Gasteiger partial charge in [-0.1, -0.05) is 36.4 Å². The van der Waals surface area contributed by atoms with Gasteiger partial charge in [-0.05, 0) is 62.7 Å². The van der Waals surface area contributed by atoms with Crippen LogP contribution < -0.4 is 10.6 Å². The Balaban J connectivity index is 1.67. The largest absolute Gasteiger partial charge is 0.357 e. The zero-order valence-electron chi connectivity index (χ0n) is 17.1. The topological polar surface area (TPSA) is 39.7 Å². The maximum Gasteiger partial charge on any atom is 0.191 e. The minimum Gasteiger partial charge on any atom is -0.357 e. The Kier molecular flexibility index (Phi) is 6.68. The highest BCUT2D eigenvalue weighted by molar-refractivity contribution is 5.80. The lowest BCUT2D eigenvalue weighted by Gasteiger charge is -2.19. The van der Waals surface area contributed by atoms with E-state index in [9.17, 15) is 4.39 Å². The fourth-order valence-corrected chi connectivity index (χ4v) is 3.50. The molecule has 4 nitrogen and oxygen atoms in total. The molecule has 1 fully saturated rings. The Morgan fingerprint density at radius 3 is 2.46 bits per heavy atom. The summed E-state index contributed by atoms with van der Waals surface area (Å²) < 4.78 is 13.6. The van der Waals surface area contributed by atoms with E-state index in [4.69, 9.17) is 4.99 Å². The fourth-order valence-electron chi connectivity index (χ4n) is 3.50. The van der Waals surface area contributed by atoms with Crippen LogP contribution in [0.15, 0.2) is 53.5 Å². The van der Waals surface area contributed by atoms with Gasteiger partial charge in [-0.25, -0.2) is 9.38 Å². The molecular weight excluding hydrogens is 351 g/mol. The lowest BCUT2D eigenvalue weighted by atomic mass is 9.96. The van der Waals surface area contributed by atoms with E-state index in [-0.39, 0.29) is 11.2 Å². The normalized spacial score (nSPS) is 15.5. The molecule has 0 unspecified atom stereocenters. The Morgan fingerprint density at radius 2 is 1.82 bits per heavy atom. The van der Waals surface area contributed by atoms with Gasteiger partial charge < -0.3 is 15.5 Å². The summed E-state index contributed by atoms with van der Waals surface area (Å²) in [6.07, 6.45) is 2.16. The molecule has 0 atom stereocenters. The zero-order chi connectivity index (χ0) is 20.0. The van der Waals surface area contributed by atoms with Gasteiger partial charge >= 0.3 is 0 Å². The molecule has 0 aromatic heterocycles. The Hall–Kier alpha value is -2.40. The van der Waals surface area contributed by atoms with Gasteiger partial charge in [-0.2, -0.15) is 0 Å². The third-order valence-corrected chi connectivity index (χ3v) is 5.24. The average Bonchev–Trinajstić information content (AvgIpc) is 3.46. The molecule has 150 valence electrons. The second-order valence-corrected chi connectivity index (χ2v) is 7.85. The summed E-state index contributed by atoms with van der Waals surface area (Å²) >= 11 is 0. The Bertz CT molecular complexity index is 812. The zero-order valence-corrected chi connectivity index (χ0v) is 17.1. The van der Waals surface area contributed by atoms with Crippen molar-refractivity contribution in [1.29, 1.82) is 0 Å². The average molecular weight is 383 g/mol. The number of nitrogens with one attached hydrogen (secondary N) is 2. The van der Waals surface area contributed by atoms with E-state index in [0.717, 1.165) is 44.0 Å². The van der Waals surface area contributed by atoms with Crippen LogP contribution >= 0.6 is 0 Å². The number of benzene rings is 2. The maximum atomic E-state index is 13.6. The molecule has 0 saturated heterocycles. The van der Waals surface area contributed by atoms with Crippen molar-refractivity contribution in [3.8, 4) is 0 Å². The number of guanidine groups is 1. The fraction of sp³-hybridized carbons (Fsp3) is 0.435. The second kappa shape index (κ2) is 9.20. The maximum absolute atomic E-state index is 13.6. The van der Waals surface area contributed by atoms with Crippen molar-refractivity contribution in [2.75, 3.05) is 27.2 Å². The third-order valence-electron chi connectivity index (χ3n) is 5.24. The van der Waals surface area contributed by atoms with Crippen molar-refractivity contribution in [2.24, 2.45) is 4.99 Å². The molecule has 5 heteroatoms. The molecule has 1 aliphatic carbocycles. The highest BCUT2D eigenvalue weighted by Crippen LogP contribution is 2.47. The number of rotatable bonds is 8. The number of nitrogens with zero attached hydrogens (tertiary/aromatic N) is 2. The summed E-state index contributed by atoms with van der Waals surface area (Å²) in [6, 6.07) is 15.4. The van der Waals surface area contributed by atoms with Gasteiger partial charge in [0.05, 0.1) is 6.54 Å². The molecule has 3 rings (SSSR count). The summed E-state index contributed by atoms with van der Waals surface area (Å²) in [5, 5.41) is 6.81. The van der Waals surface area contributed by atoms with Crippen LogP contribution in [-0.4, -0.2) is 38.0 Å². The number of hydrogen-bond acceptors (Lipinski definition) is 2. The summed E-state index contributed by atoms with van der Waals surface area (Å²) in [5.41, 5.74) is 3.64. The predicted molar refractivity (Wildman–Crippen MR) is 114 cm³/mol. The van der Waals surface area contributed by atoms with Crippen molar-refractivity contribution in [1.82, 2.24) is 15.5 Å². The molecule has 1 aliphatic rings. The molecule has 0 bridgehead atoms. The van der Waals surface area contributed by atoms with Crippen LogP contribution in [0.2, 0.25) is 0 Å². The van der Waals surface area contributed by atoms with Crippen LogP contribution in [0.25, 0.3) is 0 Å². The van der Waals surface area contributed by atoms with E-state index in [1.54, 1.807) is 12.1 Å². The first-order valence-electron chi connectivity index (χ1n) is 10.0. The molecule has 0 amide bonds. The standard InChI is InChI=1S/C23H31FN4/c1-4-25-22(26-15-18-8-5-6-9-19(18)16-28(2)3)27-17-23(12-13-23)20-10-7-11-21(24)14-20/h5-11,14H,4,12-13,15-17H2,1-3H3,(H2,25,26,27). The van der Waals surface area contributed by atoms with Crippen molar-refractivity contribution >= 4 is 5.96 Å². The molecular formula is C23H31FN4. The monoisotopic (exact) mass is 382 g/mol. The summed E-state index contributed by atoms with van der Waals surface area (Å²) in [6.45, 7) is 5.17. The van der Waals surface area contributed by atoms with Crippen LogP contribution in [0.4, 0.5) is 4.39 Å². The van der Waals surface area contributed by atoms with Crippen molar-refractivity contribution in [2.45, 2.75) is 38.3 Å². The molecule has 2 aromatic carbocycles. The van der Waals surface area contributed by atoms with Gasteiger partial charge in [0.15, 0.2) is 5.96 Å². The molecule has 0 spiro atoms. The molecule has 0 aliphatic heterocycles. The van der Waals surface area contributed by atoms with Crippen LogP contribution in [0.3, 0.4) is 0 Å². The van der Waals surface area contributed by atoms with E-state index in [1.807, 2.05) is 6.07 Å². The van der Waals surface area contributed by atoms with E-state index in [0.29, 0.717) is 6.54 Å². The van der Waals surface area contributed by atoms with Crippen LogP contribution in [0.1, 0.15) is 36.5 Å². The van der Waals surface area contributed by atoms with Crippen LogP contribution in [0.5, 0.6) is 0 Å². The minimum absolute atomic E-state index is 0.0289. The van der Waals surface area contributed by atoms with Crippen molar-refractivity contribution in [3.63, 3.8) is 0 Å². The third kappa shape index (κ3) is 5.32. The van der Waals surface area contributed by atoms with E-state index in [2.05, 4.69) is 60.8 Å². The summed E-state index contributed by atoms with van der Waals surface area (Å²) in [4.78, 5) is 6.96. The second-order valence-electron chi connectivity index (χ2n) is 7.85. The quantitative estimate of drug-likeness (QED) is 0.540. The molecule has 1 saturated carbocycles. The smallest absolute Gasteiger partial charge is 0.191 e. The van der Waals surface area contributed by atoms with Gasteiger partial charge in [0.2, 0.25) is 0 Å². The van der Waals surface area contributed by atoms with E-state index >= 15 is 0 Å². The summed E-state index contributed by atoms with van der Waals surface area (Å²) in [5.74, 6) is 0.645. The van der Waals surface area contributed by atoms with Gasteiger partial charge in [0.25, 0.3) is 0 Å². The lowest BCUT2D eigenvalue weighted by Crippen LogP contribution is -2.41. The highest BCUT2D eigenvalue weighted by Gasteiger charge is 2.44.